The molecular formula is C29H44O4. The molecule has 3 N–H and O–H groups in total. The van der Waals surface area contributed by atoms with Crippen molar-refractivity contribution in [2.24, 2.45) is 51.2 Å². The SMILES string of the molecule is C=C1C(O)C(O)C[C@]2(C)[C@H]3CC=C4[C@@H]5[C@@H](C)[C@H](C)CC[C@]5(C(=O)O)CC[C@@]4(C)[C@]3(C)CC[C@@H]12. The minimum absolute atomic E-state index is 0.0266. The first-order chi connectivity index (χ1) is 15.3. The predicted molar refractivity (Wildman–Crippen MR) is 129 cm³/mol. The monoisotopic (exact) mass is 456 g/mol. The van der Waals surface area contributed by atoms with Gasteiger partial charge < -0.3 is 15.3 Å². The van der Waals surface area contributed by atoms with Crippen molar-refractivity contribution in [3.05, 3.63) is 23.8 Å². The van der Waals surface area contributed by atoms with Crippen LogP contribution in [-0.4, -0.2) is 33.5 Å². The fraction of sp³-hybridized carbons (Fsp3) is 0.828. The van der Waals surface area contributed by atoms with Gasteiger partial charge in [-0.25, -0.2) is 0 Å². The summed E-state index contributed by atoms with van der Waals surface area (Å²) in [5.41, 5.74) is 1.58. The summed E-state index contributed by atoms with van der Waals surface area (Å²) in [5.74, 6) is 1.09. The van der Waals surface area contributed by atoms with Gasteiger partial charge in [-0.2, -0.15) is 0 Å². The first-order valence-electron chi connectivity index (χ1n) is 13.3. The average molecular weight is 457 g/mol. The van der Waals surface area contributed by atoms with Gasteiger partial charge in [0.25, 0.3) is 0 Å². The third-order valence-corrected chi connectivity index (χ3v) is 12.5. The molecule has 184 valence electrons. The summed E-state index contributed by atoms with van der Waals surface area (Å²) < 4.78 is 0. The largest absolute Gasteiger partial charge is 0.481 e. The van der Waals surface area contributed by atoms with E-state index in [1.807, 2.05) is 0 Å². The smallest absolute Gasteiger partial charge is 0.310 e. The summed E-state index contributed by atoms with van der Waals surface area (Å²) in [6, 6.07) is 0. The Morgan fingerprint density at radius 2 is 1.76 bits per heavy atom. The third kappa shape index (κ3) is 2.74. The van der Waals surface area contributed by atoms with E-state index < -0.39 is 23.6 Å². The zero-order valence-corrected chi connectivity index (χ0v) is 21.2. The van der Waals surface area contributed by atoms with Gasteiger partial charge in [-0.1, -0.05) is 52.8 Å². The number of aliphatic hydroxyl groups excluding tert-OH is 2. The van der Waals surface area contributed by atoms with Crippen molar-refractivity contribution in [3.63, 3.8) is 0 Å². The molecule has 0 radical (unpaired) electrons. The highest BCUT2D eigenvalue weighted by Gasteiger charge is 2.68. The van der Waals surface area contributed by atoms with Gasteiger partial charge in [-0.05, 0) is 103 Å². The van der Waals surface area contributed by atoms with Gasteiger partial charge in [0.15, 0.2) is 0 Å². The third-order valence-electron chi connectivity index (χ3n) is 12.5. The van der Waals surface area contributed by atoms with Crippen molar-refractivity contribution < 1.29 is 20.1 Å². The van der Waals surface area contributed by atoms with Crippen LogP contribution in [0.2, 0.25) is 0 Å². The molecular weight excluding hydrogens is 412 g/mol. The van der Waals surface area contributed by atoms with Gasteiger partial charge in [-0.15, -0.1) is 0 Å². The Hall–Kier alpha value is -1.13. The maximum absolute atomic E-state index is 12.8. The van der Waals surface area contributed by atoms with Gasteiger partial charge in [0, 0.05) is 0 Å². The lowest BCUT2D eigenvalue weighted by molar-refractivity contribution is -0.182. The fourth-order valence-electron chi connectivity index (χ4n) is 10.1. The van der Waals surface area contributed by atoms with Crippen LogP contribution in [0, 0.1) is 51.2 Å². The molecule has 2 unspecified atom stereocenters. The molecule has 0 amide bonds. The maximum atomic E-state index is 12.8. The van der Waals surface area contributed by atoms with Crippen LogP contribution in [0.25, 0.3) is 0 Å². The van der Waals surface area contributed by atoms with Gasteiger partial charge in [0.2, 0.25) is 0 Å². The van der Waals surface area contributed by atoms with Gasteiger partial charge in [-0.3, -0.25) is 4.79 Å². The van der Waals surface area contributed by atoms with E-state index in [-0.39, 0.29) is 28.1 Å². The summed E-state index contributed by atoms with van der Waals surface area (Å²) in [4.78, 5) is 12.8. The lowest BCUT2D eigenvalue weighted by Crippen LogP contribution is -2.64. The molecule has 4 heteroatoms. The van der Waals surface area contributed by atoms with E-state index in [0.29, 0.717) is 24.2 Å². The first-order valence-corrected chi connectivity index (χ1v) is 13.3. The fourth-order valence-corrected chi connectivity index (χ4v) is 10.1. The van der Waals surface area contributed by atoms with Crippen LogP contribution in [0.4, 0.5) is 0 Å². The Bertz CT molecular complexity index is 907. The highest BCUT2D eigenvalue weighted by Crippen LogP contribution is 2.74. The number of carboxylic acid groups (broad SMARTS) is 1. The van der Waals surface area contributed by atoms with E-state index in [1.165, 1.54) is 5.57 Å². The summed E-state index contributed by atoms with van der Waals surface area (Å²) in [7, 11) is 0. The molecule has 0 saturated heterocycles. The van der Waals surface area contributed by atoms with E-state index in [4.69, 9.17) is 0 Å². The minimum Gasteiger partial charge on any atom is -0.481 e. The second kappa shape index (κ2) is 7.20. The normalized spacial score (nSPS) is 56.0. The zero-order chi connectivity index (χ0) is 24.1. The number of carbonyl (C=O) groups is 1. The number of aliphatic hydroxyl groups is 2. The second-order valence-corrected chi connectivity index (χ2v) is 13.4. The highest BCUT2D eigenvalue weighted by atomic mass is 16.4. The van der Waals surface area contributed by atoms with Crippen LogP contribution in [0.1, 0.15) is 86.0 Å². The topological polar surface area (TPSA) is 77.8 Å². The Balaban J connectivity index is 1.62. The van der Waals surface area contributed by atoms with E-state index >= 15 is 0 Å². The summed E-state index contributed by atoms with van der Waals surface area (Å²) in [5, 5.41) is 31.8. The number of aliphatic carboxylic acids is 1. The molecule has 0 spiro atoms. The molecule has 5 aliphatic rings. The molecule has 0 aliphatic heterocycles. The van der Waals surface area contributed by atoms with E-state index in [9.17, 15) is 20.1 Å². The quantitative estimate of drug-likeness (QED) is 0.450. The summed E-state index contributed by atoms with van der Waals surface area (Å²) in [6.45, 7) is 16.1. The van der Waals surface area contributed by atoms with Crippen LogP contribution in [0.3, 0.4) is 0 Å². The highest BCUT2D eigenvalue weighted by molar-refractivity contribution is 5.76. The molecule has 4 nitrogen and oxygen atoms in total. The number of fused-ring (bicyclic) bond motifs is 7. The molecule has 5 aliphatic carbocycles. The van der Waals surface area contributed by atoms with Crippen molar-refractivity contribution in [2.45, 2.75) is 98.2 Å². The first kappa shape index (κ1) is 23.6. The minimum atomic E-state index is -0.812. The van der Waals surface area contributed by atoms with Crippen molar-refractivity contribution in [1.29, 1.82) is 0 Å². The molecule has 11 atom stereocenters. The predicted octanol–water partition coefficient (Wildman–Crippen LogP) is 5.59. The molecule has 0 aromatic rings. The number of carboxylic acids is 1. The lowest BCUT2D eigenvalue weighted by Gasteiger charge is -2.70. The van der Waals surface area contributed by atoms with Crippen LogP contribution in [0.5, 0.6) is 0 Å². The Morgan fingerprint density at radius 1 is 1.06 bits per heavy atom. The van der Waals surface area contributed by atoms with Crippen molar-refractivity contribution in [2.75, 3.05) is 0 Å². The summed E-state index contributed by atoms with van der Waals surface area (Å²) >= 11 is 0. The van der Waals surface area contributed by atoms with Crippen molar-refractivity contribution >= 4 is 5.97 Å². The number of hydrogen-bond donors (Lipinski definition) is 3. The lowest BCUT2D eigenvalue weighted by atomic mass is 9.34. The van der Waals surface area contributed by atoms with Gasteiger partial charge >= 0.3 is 5.97 Å². The molecule has 0 bridgehead atoms. The van der Waals surface area contributed by atoms with Crippen LogP contribution >= 0.6 is 0 Å². The molecule has 0 aromatic heterocycles. The molecule has 0 aromatic carbocycles. The molecule has 4 fully saturated rings. The Labute approximate surface area is 199 Å². The van der Waals surface area contributed by atoms with Crippen molar-refractivity contribution in [3.8, 4) is 0 Å². The van der Waals surface area contributed by atoms with Crippen LogP contribution in [-0.2, 0) is 4.79 Å². The van der Waals surface area contributed by atoms with E-state index in [2.05, 4.69) is 47.3 Å². The van der Waals surface area contributed by atoms with Crippen molar-refractivity contribution in [1.82, 2.24) is 0 Å². The van der Waals surface area contributed by atoms with Crippen LogP contribution < -0.4 is 0 Å². The van der Waals surface area contributed by atoms with Crippen LogP contribution in [0.15, 0.2) is 23.8 Å². The van der Waals surface area contributed by atoms with Gasteiger partial charge in [0.05, 0.1) is 11.5 Å². The molecule has 4 saturated carbocycles. The zero-order valence-electron chi connectivity index (χ0n) is 21.2. The Kier molecular flexibility index (Phi) is 5.15. The number of rotatable bonds is 1. The molecule has 33 heavy (non-hydrogen) atoms. The Morgan fingerprint density at radius 3 is 2.42 bits per heavy atom. The number of allylic oxidation sites excluding steroid dienone is 2. The maximum Gasteiger partial charge on any atom is 0.310 e. The number of hydrogen-bond acceptors (Lipinski definition) is 3. The van der Waals surface area contributed by atoms with E-state index in [0.717, 1.165) is 50.5 Å². The molecule has 0 heterocycles. The molecule has 5 rings (SSSR count). The second-order valence-electron chi connectivity index (χ2n) is 13.4. The summed E-state index contributed by atoms with van der Waals surface area (Å²) in [6.07, 6.45) is 8.04. The average Bonchev–Trinajstić information content (AvgIpc) is 2.75. The van der Waals surface area contributed by atoms with E-state index in [1.54, 1.807) is 0 Å². The standard InChI is InChI=1S/C29H44O4/c1-16-9-12-29(25(32)33)14-13-27(5)20(23(29)17(16)2)7-8-22-26(4)15-21(30)24(31)18(3)19(26)10-11-28(22,27)6/h7,16-17,19,21-24,30-31H,3,8-15H2,1-2,4-6H3,(H,32,33)/t16-,17+,19+,21?,22-,23+,24?,26+,27-,28-,29+/m1/s1. The van der Waals surface area contributed by atoms with Gasteiger partial charge in [0.1, 0.15) is 6.10 Å².